The molecule has 0 saturated carbocycles. The van der Waals surface area contributed by atoms with Crippen molar-refractivity contribution in [2.45, 2.75) is 44.7 Å². The molecular formula is C25H30ClN5. The van der Waals surface area contributed by atoms with Crippen LogP contribution < -0.4 is 5.32 Å². The average Bonchev–Trinajstić information content (AvgIpc) is 3.14. The van der Waals surface area contributed by atoms with Gasteiger partial charge in [0.05, 0.1) is 11.7 Å². The lowest BCUT2D eigenvalue weighted by Gasteiger charge is -2.35. The fraction of sp³-hybridized carbons (Fsp3) is 0.440. The highest BCUT2D eigenvalue weighted by Gasteiger charge is 2.33. The molecule has 6 heteroatoms. The molecule has 162 valence electrons. The van der Waals surface area contributed by atoms with Crippen molar-refractivity contribution in [2.75, 3.05) is 26.2 Å². The lowest BCUT2D eigenvalue weighted by molar-refractivity contribution is 0.195. The zero-order chi connectivity index (χ0) is 21.2. The lowest BCUT2D eigenvalue weighted by Crippen LogP contribution is -2.45. The van der Waals surface area contributed by atoms with Crippen molar-refractivity contribution in [3.05, 3.63) is 82.2 Å². The van der Waals surface area contributed by atoms with Gasteiger partial charge in [0.15, 0.2) is 0 Å². The number of pyridine rings is 1. The summed E-state index contributed by atoms with van der Waals surface area (Å²) in [4.78, 5) is 11.9. The van der Waals surface area contributed by atoms with Crippen LogP contribution in [0.2, 0.25) is 5.02 Å². The number of nitrogens with one attached hydrogen (secondary N) is 1. The maximum absolute atomic E-state index is 6.46. The van der Waals surface area contributed by atoms with Gasteiger partial charge in [-0.1, -0.05) is 23.7 Å². The quantitative estimate of drug-likeness (QED) is 0.647. The van der Waals surface area contributed by atoms with Crippen LogP contribution in [0, 0.1) is 6.92 Å². The van der Waals surface area contributed by atoms with Gasteiger partial charge in [0, 0.05) is 56.3 Å². The molecule has 1 saturated heterocycles. The lowest BCUT2D eigenvalue weighted by atomic mass is 9.89. The van der Waals surface area contributed by atoms with Gasteiger partial charge in [0.25, 0.3) is 0 Å². The standard InChI is InChI=1S/C25H30ClN5/c1-18-28-11-15-30(18)12-3-4-19-16-20-17-21(26)6-7-23(20)25(31-13-9-27-10-14-31)24-22(19)5-2-8-29-24/h2,5-8,11,15,17,19,25,27H,3-4,9-10,12-14,16H2,1H3. The first-order valence-corrected chi connectivity index (χ1v) is 11.7. The molecule has 0 radical (unpaired) electrons. The number of nitrogens with zero attached hydrogens (tertiary/aromatic N) is 4. The van der Waals surface area contributed by atoms with E-state index in [4.69, 9.17) is 16.6 Å². The highest BCUT2D eigenvalue weighted by molar-refractivity contribution is 6.30. The number of hydrogen-bond acceptors (Lipinski definition) is 4. The van der Waals surface area contributed by atoms with Gasteiger partial charge in [0.2, 0.25) is 0 Å². The molecule has 2 aromatic heterocycles. The Kier molecular flexibility index (Phi) is 6.08. The van der Waals surface area contributed by atoms with Gasteiger partial charge in [-0.05, 0) is 67.0 Å². The van der Waals surface area contributed by atoms with Gasteiger partial charge in [-0.3, -0.25) is 9.88 Å². The SMILES string of the molecule is Cc1nccn1CCCC1Cc2cc(Cl)ccc2C(N2CCNCC2)c2ncccc21. The molecule has 2 unspecified atom stereocenters. The molecule has 5 rings (SSSR count). The van der Waals surface area contributed by atoms with E-state index in [0.717, 1.165) is 62.8 Å². The van der Waals surface area contributed by atoms with Gasteiger partial charge in [-0.25, -0.2) is 4.98 Å². The Labute approximate surface area is 189 Å². The van der Waals surface area contributed by atoms with Gasteiger partial charge in [-0.2, -0.15) is 0 Å². The van der Waals surface area contributed by atoms with Crippen molar-refractivity contribution in [3.63, 3.8) is 0 Å². The number of imidazole rings is 1. The Morgan fingerprint density at radius 2 is 1.97 bits per heavy atom. The minimum atomic E-state index is 0.200. The van der Waals surface area contributed by atoms with Gasteiger partial charge >= 0.3 is 0 Å². The van der Waals surface area contributed by atoms with E-state index < -0.39 is 0 Å². The second-order valence-corrected chi connectivity index (χ2v) is 9.16. The first-order chi connectivity index (χ1) is 15.2. The molecule has 1 aliphatic heterocycles. The highest BCUT2D eigenvalue weighted by Crippen LogP contribution is 2.42. The molecule has 1 N–H and O–H groups in total. The van der Waals surface area contributed by atoms with Crippen molar-refractivity contribution in [1.82, 2.24) is 24.8 Å². The Hall–Kier alpha value is -2.21. The van der Waals surface area contributed by atoms with Crippen molar-refractivity contribution in [3.8, 4) is 0 Å². The predicted octanol–water partition coefficient (Wildman–Crippen LogP) is 4.35. The van der Waals surface area contributed by atoms with Crippen LogP contribution in [0.3, 0.4) is 0 Å². The van der Waals surface area contributed by atoms with Crippen LogP contribution in [0.1, 0.15) is 53.0 Å². The number of aryl methyl sites for hydroxylation is 2. The smallest absolute Gasteiger partial charge is 0.105 e. The average molecular weight is 436 g/mol. The summed E-state index contributed by atoms with van der Waals surface area (Å²) >= 11 is 6.46. The third-order valence-corrected chi connectivity index (χ3v) is 7.06. The van der Waals surface area contributed by atoms with Crippen LogP contribution in [0.25, 0.3) is 0 Å². The third kappa shape index (κ3) is 4.27. The maximum atomic E-state index is 6.46. The van der Waals surface area contributed by atoms with E-state index in [2.05, 4.69) is 57.2 Å². The summed E-state index contributed by atoms with van der Waals surface area (Å²) in [6.07, 6.45) is 9.17. The van der Waals surface area contributed by atoms with Crippen LogP contribution in [0.15, 0.2) is 48.9 Å². The second kappa shape index (κ2) is 9.11. The summed E-state index contributed by atoms with van der Waals surface area (Å²) in [6.45, 7) is 7.19. The molecule has 2 atom stereocenters. The van der Waals surface area contributed by atoms with E-state index in [1.807, 2.05) is 18.5 Å². The number of benzene rings is 1. The number of hydrogen-bond donors (Lipinski definition) is 1. The number of halogens is 1. The van der Waals surface area contributed by atoms with E-state index in [9.17, 15) is 0 Å². The van der Waals surface area contributed by atoms with Crippen molar-refractivity contribution in [1.29, 1.82) is 0 Å². The summed E-state index contributed by atoms with van der Waals surface area (Å²) < 4.78 is 2.25. The first-order valence-electron chi connectivity index (χ1n) is 11.4. The molecule has 1 aliphatic carbocycles. The summed E-state index contributed by atoms with van der Waals surface area (Å²) in [6, 6.07) is 11.1. The molecule has 0 spiro atoms. The summed E-state index contributed by atoms with van der Waals surface area (Å²) in [5.41, 5.74) is 5.38. The summed E-state index contributed by atoms with van der Waals surface area (Å²) in [5.74, 6) is 1.52. The Bertz CT molecular complexity index is 1040. The summed E-state index contributed by atoms with van der Waals surface area (Å²) in [7, 11) is 0. The molecule has 5 nitrogen and oxygen atoms in total. The highest BCUT2D eigenvalue weighted by atomic mass is 35.5. The predicted molar refractivity (Wildman–Crippen MR) is 125 cm³/mol. The minimum Gasteiger partial charge on any atom is -0.335 e. The van der Waals surface area contributed by atoms with Crippen LogP contribution in [0.5, 0.6) is 0 Å². The van der Waals surface area contributed by atoms with Gasteiger partial charge in [-0.15, -0.1) is 0 Å². The third-order valence-electron chi connectivity index (χ3n) is 6.83. The Balaban J connectivity index is 1.50. The molecule has 3 aromatic rings. The van der Waals surface area contributed by atoms with Crippen LogP contribution >= 0.6 is 11.6 Å². The summed E-state index contributed by atoms with van der Waals surface area (Å²) in [5, 5.41) is 4.31. The van der Waals surface area contributed by atoms with E-state index in [-0.39, 0.29) is 6.04 Å². The van der Waals surface area contributed by atoms with Crippen LogP contribution in [-0.2, 0) is 13.0 Å². The molecule has 0 amide bonds. The Morgan fingerprint density at radius 1 is 1.10 bits per heavy atom. The molecule has 31 heavy (non-hydrogen) atoms. The maximum Gasteiger partial charge on any atom is 0.105 e. The normalized spacial score (nSPS) is 21.4. The van der Waals surface area contributed by atoms with Crippen LogP contribution in [0.4, 0.5) is 0 Å². The van der Waals surface area contributed by atoms with E-state index in [0.29, 0.717) is 5.92 Å². The molecule has 1 aromatic carbocycles. The number of fused-ring (bicyclic) bond motifs is 2. The van der Waals surface area contributed by atoms with Gasteiger partial charge < -0.3 is 9.88 Å². The molecular weight excluding hydrogens is 406 g/mol. The number of piperazine rings is 1. The topological polar surface area (TPSA) is 46.0 Å². The molecule has 0 bridgehead atoms. The minimum absolute atomic E-state index is 0.200. The monoisotopic (exact) mass is 435 g/mol. The van der Waals surface area contributed by atoms with Crippen molar-refractivity contribution < 1.29 is 0 Å². The first kappa shape index (κ1) is 20.7. The van der Waals surface area contributed by atoms with Gasteiger partial charge in [0.1, 0.15) is 5.82 Å². The zero-order valence-corrected chi connectivity index (χ0v) is 18.9. The largest absolute Gasteiger partial charge is 0.335 e. The molecule has 3 heterocycles. The van der Waals surface area contributed by atoms with E-state index >= 15 is 0 Å². The van der Waals surface area contributed by atoms with E-state index in [1.165, 1.54) is 22.4 Å². The fourth-order valence-corrected chi connectivity index (χ4v) is 5.45. The van der Waals surface area contributed by atoms with Crippen molar-refractivity contribution >= 4 is 11.6 Å². The number of aromatic nitrogens is 3. The fourth-order valence-electron chi connectivity index (χ4n) is 5.26. The van der Waals surface area contributed by atoms with Crippen LogP contribution in [-0.4, -0.2) is 45.6 Å². The zero-order valence-electron chi connectivity index (χ0n) is 18.1. The Morgan fingerprint density at radius 3 is 2.77 bits per heavy atom. The van der Waals surface area contributed by atoms with Crippen molar-refractivity contribution in [2.24, 2.45) is 0 Å². The van der Waals surface area contributed by atoms with E-state index in [1.54, 1.807) is 0 Å². The number of rotatable bonds is 5. The molecule has 2 aliphatic rings. The second-order valence-electron chi connectivity index (χ2n) is 8.72. The molecule has 1 fully saturated rings.